The highest BCUT2D eigenvalue weighted by atomic mass is 19.4. The van der Waals surface area contributed by atoms with Gasteiger partial charge in [-0.05, 0) is 24.3 Å². The number of benzene rings is 1. The van der Waals surface area contributed by atoms with Crippen molar-refractivity contribution in [2.24, 2.45) is 0 Å². The van der Waals surface area contributed by atoms with Crippen molar-refractivity contribution in [3.63, 3.8) is 0 Å². The van der Waals surface area contributed by atoms with Crippen LogP contribution >= 0.6 is 0 Å². The maximum absolute atomic E-state index is 12.9. The average molecular weight is 341 g/mol. The van der Waals surface area contributed by atoms with Crippen LogP contribution in [0.4, 0.5) is 13.2 Å². The quantitative estimate of drug-likeness (QED) is 0.615. The number of pyridine rings is 1. The fraction of sp³-hybridized carbons (Fsp3) is 0.250. The number of carbonyl (C=O) groups excluding carboxylic acids is 1. The molecule has 0 aliphatic heterocycles. The first-order valence-electron chi connectivity index (χ1n) is 6.75. The second-order valence-corrected chi connectivity index (χ2v) is 4.65. The predicted molar refractivity (Wildman–Crippen MR) is 78.5 cm³/mol. The monoisotopic (exact) mass is 341 g/mol. The molecule has 1 aromatic carbocycles. The molecule has 0 unspecified atom stereocenters. The van der Waals surface area contributed by atoms with E-state index in [1.165, 1.54) is 13.3 Å². The van der Waals surface area contributed by atoms with E-state index in [2.05, 4.69) is 9.72 Å². The van der Waals surface area contributed by atoms with Crippen LogP contribution in [-0.2, 0) is 15.7 Å². The van der Waals surface area contributed by atoms with Gasteiger partial charge in [0, 0.05) is 18.9 Å². The number of nitrogens with zero attached hydrogens (tertiary/aromatic N) is 1. The first kappa shape index (κ1) is 17.7. The van der Waals surface area contributed by atoms with E-state index in [9.17, 15) is 18.0 Å². The molecule has 2 aromatic rings. The van der Waals surface area contributed by atoms with E-state index >= 15 is 0 Å². The summed E-state index contributed by atoms with van der Waals surface area (Å²) in [4.78, 5) is 16.0. The van der Waals surface area contributed by atoms with Gasteiger partial charge in [0.15, 0.2) is 6.79 Å². The Labute approximate surface area is 136 Å². The second kappa shape index (κ2) is 7.31. The molecule has 0 aliphatic carbocycles. The molecular formula is C16H14F3NO4. The van der Waals surface area contributed by atoms with Gasteiger partial charge in [-0.1, -0.05) is 6.07 Å². The third kappa shape index (κ3) is 3.83. The van der Waals surface area contributed by atoms with Gasteiger partial charge in [-0.3, -0.25) is 4.98 Å². The number of ether oxygens (including phenoxy) is 3. The summed E-state index contributed by atoms with van der Waals surface area (Å²) < 4.78 is 53.5. The van der Waals surface area contributed by atoms with Crippen LogP contribution in [0.5, 0.6) is 5.75 Å². The molecule has 0 N–H and O–H groups in total. The summed E-state index contributed by atoms with van der Waals surface area (Å²) in [6.45, 7) is -0.0765. The highest BCUT2D eigenvalue weighted by molar-refractivity contribution is 5.97. The Balaban J connectivity index is 2.60. The number of hydrogen-bond acceptors (Lipinski definition) is 5. The van der Waals surface area contributed by atoms with Gasteiger partial charge in [-0.25, -0.2) is 4.79 Å². The maximum atomic E-state index is 12.9. The SMILES string of the molecule is COCOc1cccnc1-c1ccc(C(F)(F)F)cc1C(=O)OC. The second-order valence-electron chi connectivity index (χ2n) is 4.65. The van der Waals surface area contributed by atoms with Crippen LogP contribution in [-0.4, -0.2) is 32.0 Å². The molecule has 0 amide bonds. The van der Waals surface area contributed by atoms with Crippen LogP contribution < -0.4 is 4.74 Å². The first-order chi connectivity index (χ1) is 11.4. The Bertz CT molecular complexity index is 732. The topological polar surface area (TPSA) is 57.7 Å². The first-order valence-corrected chi connectivity index (χ1v) is 6.75. The van der Waals surface area contributed by atoms with Crippen molar-refractivity contribution in [3.8, 4) is 17.0 Å². The third-order valence-corrected chi connectivity index (χ3v) is 3.11. The molecule has 0 fully saturated rings. The molecule has 0 aliphatic rings. The van der Waals surface area contributed by atoms with Crippen molar-refractivity contribution >= 4 is 5.97 Å². The molecule has 1 heterocycles. The van der Waals surface area contributed by atoms with Crippen molar-refractivity contribution < 1.29 is 32.2 Å². The summed E-state index contributed by atoms with van der Waals surface area (Å²) in [6, 6.07) is 5.93. The van der Waals surface area contributed by atoms with Gasteiger partial charge in [-0.15, -0.1) is 0 Å². The van der Waals surface area contributed by atoms with Gasteiger partial charge in [0.1, 0.15) is 11.4 Å². The van der Waals surface area contributed by atoms with E-state index in [0.29, 0.717) is 0 Å². The maximum Gasteiger partial charge on any atom is 0.416 e. The van der Waals surface area contributed by atoms with Gasteiger partial charge < -0.3 is 14.2 Å². The molecule has 1 aromatic heterocycles. The summed E-state index contributed by atoms with van der Waals surface area (Å²) >= 11 is 0. The zero-order valence-corrected chi connectivity index (χ0v) is 12.9. The van der Waals surface area contributed by atoms with E-state index in [0.717, 1.165) is 25.3 Å². The van der Waals surface area contributed by atoms with Crippen molar-refractivity contribution in [3.05, 3.63) is 47.7 Å². The molecular weight excluding hydrogens is 327 g/mol. The van der Waals surface area contributed by atoms with Gasteiger partial charge in [0.05, 0.1) is 18.2 Å². The number of methoxy groups -OCH3 is 2. The Morgan fingerprint density at radius 3 is 2.58 bits per heavy atom. The smallest absolute Gasteiger partial charge is 0.416 e. The molecule has 0 bridgehead atoms. The molecule has 128 valence electrons. The normalized spacial score (nSPS) is 11.2. The average Bonchev–Trinajstić information content (AvgIpc) is 2.58. The number of hydrogen-bond donors (Lipinski definition) is 0. The van der Waals surface area contributed by atoms with Crippen molar-refractivity contribution in [2.75, 3.05) is 21.0 Å². The van der Waals surface area contributed by atoms with Gasteiger partial charge >= 0.3 is 12.1 Å². The minimum absolute atomic E-state index is 0.0765. The largest absolute Gasteiger partial charge is 0.465 e. The molecule has 0 saturated carbocycles. The summed E-state index contributed by atoms with van der Waals surface area (Å²) in [6.07, 6.45) is -3.14. The van der Waals surface area contributed by atoms with E-state index in [1.54, 1.807) is 12.1 Å². The van der Waals surface area contributed by atoms with Crippen molar-refractivity contribution in [2.45, 2.75) is 6.18 Å². The lowest BCUT2D eigenvalue weighted by molar-refractivity contribution is -0.137. The molecule has 0 radical (unpaired) electrons. The van der Waals surface area contributed by atoms with Crippen LogP contribution in [0.1, 0.15) is 15.9 Å². The summed E-state index contributed by atoms with van der Waals surface area (Å²) in [7, 11) is 2.52. The van der Waals surface area contributed by atoms with Crippen LogP contribution in [0.2, 0.25) is 0 Å². The highest BCUT2D eigenvalue weighted by Gasteiger charge is 2.32. The Hall–Kier alpha value is -2.61. The molecule has 0 saturated heterocycles. The van der Waals surface area contributed by atoms with E-state index in [1.807, 2.05) is 0 Å². The number of alkyl halides is 3. The molecule has 0 atom stereocenters. The lowest BCUT2D eigenvalue weighted by atomic mass is 10.00. The van der Waals surface area contributed by atoms with Gasteiger partial charge in [-0.2, -0.15) is 13.2 Å². The molecule has 8 heteroatoms. The van der Waals surface area contributed by atoms with Gasteiger partial charge in [0.25, 0.3) is 0 Å². The van der Waals surface area contributed by atoms with Gasteiger partial charge in [0.2, 0.25) is 0 Å². The highest BCUT2D eigenvalue weighted by Crippen LogP contribution is 2.35. The number of esters is 1. The van der Waals surface area contributed by atoms with Crippen LogP contribution in [0.25, 0.3) is 11.3 Å². The zero-order valence-electron chi connectivity index (χ0n) is 12.9. The minimum Gasteiger partial charge on any atom is -0.465 e. The number of carbonyl (C=O) groups is 1. The summed E-state index contributed by atoms with van der Waals surface area (Å²) in [5.41, 5.74) is -0.833. The lowest BCUT2D eigenvalue weighted by Crippen LogP contribution is -2.11. The van der Waals surface area contributed by atoms with Crippen molar-refractivity contribution in [1.29, 1.82) is 0 Å². The van der Waals surface area contributed by atoms with Crippen LogP contribution in [0.3, 0.4) is 0 Å². The fourth-order valence-electron chi connectivity index (χ4n) is 2.04. The molecule has 5 nitrogen and oxygen atoms in total. The Morgan fingerprint density at radius 2 is 1.96 bits per heavy atom. The number of aromatic nitrogens is 1. The summed E-state index contributed by atoms with van der Waals surface area (Å²) in [5, 5.41) is 0. The Morgan fingerprint density at radius 1 is 1.21 bits per heavy atom. The molecule has 0 spiro atoms. The van der Waals surface area contributed by atoms with E-state index < -0.39 is 17.7 Å². The standard InChI is InChI=1S/C16H14F3NO4/c1-22-9-24-13-4-3-7-20-14(13)11-6-5-10(16(17,18)19)8-12(11)15(21)23-2/h3-8H,9H2,1-2H3. The minimum atomic E-state index is -4.58. The third-order valence-electron chi connectivity index (χ3n) is 3.11. The van der Waals surface area contributed by atoms with E-state index in [-0.39, 0.29) is 29.4 Å². The molecule has 2 rings (SSSR count). The fourth-order valence-corrected chi connectivity index (χ4v) is 2.04. The van der Waals surface area contributed by atoms with E-state index in [4.69, 9.17) is 9.47 Å². The number of rotatable bonds is 5. The predicted octanol–water partition coefficient (Wildman–Crippen LogP) is 3.54. The van der Waals surface area contributed by atoms with Crippen molar-refractivity contribution in [1.82, 2.24) is 4.98 Å². The lowest BCUT2D eigenvalue weighted by Gasteiger charge is -2.14. The van der Waals surface area contributed by atoms with Crippen LogP contribution in [0, 0.1) is 0 Å². The number of halogens is 3. The summed E-state index contributed by atoms with van der Waals surface area (Å²) in [5.74, 6) is -0.635. The zero-order chi connectivity index (χ0) is 17.7. The molecule has 24 heavy (non-hydrogen) atoms. The van der Waals surface area contributed by atoms with Crippen LogP contribution in [0.15, 0.2) is 36.5 Å². The Kier molecular flexibility index (Phi) is 5.40.